The van der Waals surface area contributed by atoms with E-state index in [9.17, 15) is 4.79 Å². The molecule has 2 unspecified atom stereocenters. The van der Waals surface area contributed by atoms with E-state index >= 15 is 0 Å². The lowest BCUT2D eigenvalue weighted by atomic mass is 9.90. The van der Waals surface area contributed by atoms with E-state index in [-0.39, 0.29) is 17.6 Å². The summed E-state index contributed by atoms with van der Waals surface area (Å²) in [6.45, 7) is 4.16. The number of rotatable bonds is 2. The Morgan fingerprint density at radius 1 is 0.893 bits per heavy atom. The second-order valence-electron chi connectivity index (χ2n) is 7.38. The predicted molar refractivity (Wildman–Crippen MR) is 111 cm³/mol. The summed E-state index contributed by atoms with van der Waals surface area (Å²) in [7, 11) is 0. The minimum atomic E-state index is -0.347. The van der Waals surface area contributed by atoms with E-state index in [4.69, 9.17) is 9.15 Å². The maximum absolute atomic E-state index is 12.3. The monoisotopic (exact) mass is 368 g/mol. The zero-order chi connectivity index (χ0) is 19.3. The van der Waals surface area contributed by atoms with Crippen molar-refractivity contribution in [1.29, 1.82) is 0 Å². The van der Waals surface area contributed by atoms with Crippen molar-refractivity contribution in [2.45, 2.75) is 25.9 Å². The molecule has 2 heterocycles. The van der Waals surface area contributed by atoms with Gasteiger partial charge in [-0.2, -0.15) is 0 Å². The molecular weight excluding hydrogens is 348 g/mol. The van der Waals surface area contributed by atoms with Gasteiger partial charge in [0.05, 0.1) is 0 Å². The Kier molecular flexibility index (Phi) is 3.83. The van der Waals surface area contributed by atoms with Crippen molar-refractivity contribution in [1.82, 2.24) is 0 Å². The van der Waals surface area contributed by atoms with Gasteiger partial charge < -0.3 is 9.15 Å². The average Bonchev–Trinajstić information content (AvgIpc) is 3.06. The molecule has 1 aromatic heterocycles. The molecule has 0 saturated carbocycles. The van der Waals surface area contributed by atoms with Crippen LogP contribution in [0.5, 0.6) is 5.75 Å². The molecule has 4 aromatic rings. The van der Waals surface area contributed by atoms with E-state index in [1.165, 1.54) is 0 Å². The highest BCUT2D eigenvalue weighted by Gasteiger charge is 2.34. The quantitative estimate of drug-likeness (QED) is 0.407. The third-order valence-corrected chi connectivity index (χ3v) is 5.65. The highest BCUT2D eigenvalue weighted by atomic mass is 16.5. The van der Waals surface area contributed by atoms with E-state index in [1.807, 2.05) is 55.5 Å². The highest BCUT2D eigenvalue weighted by molar-refractivity contribution is 5.96. The second kappa shape index (κ2) is 6.38. The average molecular weight is 368 g/mol. The van der Waals surface area contributed by atoms with E-state index < -0.39 is 0 Å². The molecular formula is C25H20O3. The van der Waals surface area contributed by atoms with Crippen LogP contribution in [0.3, 0.4) is 0 Å². The Labute approximate surface area is 163 Å². The van der Waals surface area contributed by atoms with Crippen LogP contribution in [0.15, 0.2) is 82.0 Å². The standard InChI is InChI=1S/C25H20O3/c1-15-19-13-21-20(17-9-5-3-6-10-17)14-22(26)27-25(21)16(2)24(19)28-23(15)18-11-7-4-8-12-18/h3-15,23H,1-2H3. The van der Waals surface area contributed by atoms with Gasteiger partial charge in [-0.15, -0.1) is 0 Å². The molecule has 0 radical (unpaired) electrons. The number of benzene rings is 3. The number of fused-ring (bicyclic) bond motifs is 2. The van der Waals surface area contributed by atoms with Gasteiger partial charge in [0.1, 0.15) is 17.4 Å². The maximum Gasteiger partial charge on any atom is 0.336 e. The van der Waals surface area contributed by atoms with Gasteiger partial charge in [-0.3, -0.25) is 0 Å². The fraction of sp³-hybridized carbons (Fsp3) is 0.160. The first kappa shape index (κ1) is 16.8. The lowest BCUT2D eigenvalue weighted by Crippen LogP contribution is -2.06. The van der Waals surface area contributed by atoms with Crippen LogP contribution in [0.25, 0.3) is 22.1 Å². The minimum Gasteiger partial charge on any atom is -0.484 e. The molecule has 0 amide bonds. The molecule has 0 N–H and O–H groups in total. The van der Waals surface area contributed by atoms with Crippen molar-refractivity contribution >= 4 is 11.0 Å². The molecule has 0 saturated heterocycles. The molecule has 138 valence electrons. The van der Waals surface area contributed by atoms with Crippen LogP contribution in [0.2, 0.25) is 0 Å². The normalized spacial score (nSPS) is 18.1. The van der Waals surface area contributed by atoms with Crippen LogP contribution in [0.4, 0.5) is 0 Å². The molecule has 1 aliphatic heterocycles. The molecule has 28 heavy (non-hydrogen) atoms. The smallest absolute Gasteiger partial charge is 0.336 e. The van der Waals surface area contributed by atoms with Crippen LogP contribution < -0.4 is 10.4 Å². The van der Waals surface area contributed by atoms with Crippen molar-refractivity contribution < 1.29 is 9.15 Å². The Balaban J connectivity index is 1.74. The van der Waals surface area contributed by atoms with Crippen LogP contribution in [0.1, 0.15) is 35.6 Å². The first-order valence-corrected chi connectivity index (χ1v) is 9.52. The Hall–Kier alpha value is -3.33. The zero-order valence-electron chi connectivity index (χ0n) is 15.8. The van der Waals surface area contributed by atoms with E-state index in [1.54, 1.807) is 6.07 Å². The highest BCUT2D eigenvalue weighted by Crippen LogP contribution is 2.50. The van der Waals surface area contributed by atoms with Gasteiger partial charge in [0.2, 0.25) is 0 Å². The zero-order valence-corrected chi connectivity index (χ0v) is 15.8. The van der Waals surface area contributed by atoms with Crippen LogP contribution >= 0.6 is 0 Å². The summed E-state index contributed by atoms with van der Waals surface area (Å²) in [6, 6.07) is 23.9. The molecule has 0 aliphatic carbocycles. The van der Waals surface area contributed by atoms with Crippen molar-refractivity contribution in [3.05, 3.63) is 99.9 Å². The van der Waals surface area contributed by atoms with E-state index in [0.717, 1.165) is 39.0 Å². The number of hydrogen-bond acceptors (Lipinski definition) is 3. The summed E-state index contributed by atoms with van der Waals surface area (Å²) in [5, 5.41) is 0.950. The fourth-order valence-corrected chi connectivity index (χ4v) is 4.21. The minimum absolute atomic E-state index is 0.0430. The van der Waals surface area contributed by atoms with Crippen LogP contribution in [0, 0.1) is 6.92 Å². The van der Waals surface area contributed by atoms with Crippen LogP contribution in [-0.2, 0) is 0 Å². The molecule has 3 nitrogen and oxygen atoms in total. The lowest BCUT2D eigenvalue weighted by molar-refractivity contribution is 0.215. The molecule has 2 atom stereocenters. The van der Waals surface area contributed by atoms with Gasteiger partial charge in [-0.05, 0) is 29.7 Å². The number of aryl methyl sites for hydroxylation is 1. The van der Waals surface area contributed by atoms with Crippen molar-refractivity contribution in [3.8, 4) is 16.9 Å². The van der Waals surface area contributed by atoms with Gasteiger partial charge in [0, 0.05) is 28.5 Å². The van der Waals surface area contributed by atoms with Crippen molar-refractivity contribution in [3.63, 3.8) is 0 Å². The number of ether oxygens (including phenoxy) is 1. The Morgan fingerprint density at radius 2 is 1.57 bits per heavy atom. The molecule has 1 aliphatic rings. The van der Waals surface area contributed by atoms with Crippen molar-refractivity contribution in [2.24, 2.45) is 0 Å². The summed E-state index contributed by atoms with van der Waals surface area (Å²) in [4.78, 5) is 12.3. The third kappa shape index (κ3) is 2.55. The van der Waals surface area contributed by atoms with E-state index in [0.29, 0.717) is 5.58 Å². The lowest BCUT2D eigenvalue weighted by Gasteiger charge is -2.15. The molecule has 3 heteroatoms. The largest absolute Gasteiger partial charge is 0.484 e. The predicted octanol–water partition coefficient (Wildman–Crippen LogP) is 6.01. The maximum atomic E-state index is 12.3. The second-order valence-corrected chi connectivity index (χ2v) is 7.38. The molecule has 5 rings (SSSR count). The summed E-state index contributed by atoms with van der Waals surface area (Å²) >= 11 is 0. The summed E-state index contributed by atoms with van der Waals surface area (Å²) in [5.74, 6) is 1.04. The van der Waals surface area contributed by atoms with Gasteiger partial charge in [0.25, 0.3) is 0 Å². The van der Waals surface area contributed by atoms with Gasteiger partial charge in [-0.1, -0.05) is 67.6 Å². The van der Waals surface area contributed by atoms with Gasteiger partial charge in [0.15, 0.2) is 0 Å². The molecule has 0 fully saturated rings. The van der Waals surface area contributed by atoms with Crippen molar-refractivity contribution in [2.75, 3.05) is 0 Å². The molecule has 0 spiro atoms. The summed E-state index contributed by atoms with van der Waals surface area (Å²) in [6.07, 6.45) is -0.0430. The topological polar surface area (TPSA) is 39.4 Å². The molecule has 0 bridgehead atoms. The first-order valence-electron chi connectivity index (χ1n) is 9.52. The van der Waals surface area contributed by atoms with Gasteiger partial charge >= 0.3 is 5.63 Å². The number of hydrogen-bond donors (Lipinski definition) is 0. The molecule has 3 aromatic carbocycles. The Bertz CT molecular complexity index is 1220. The summed E-state index contributed by atoms with van der Waals surface area (Å²) in [5.41, 5.74) is 5.35. The summed E-state index contributed by atoms with van der Waals surface area (Å²) < 4.78 is 12.0. The van der Waals surface area contributed by atoms with E-state index in [2.05, 4.69) is 25.1 Å². The SMILES string of the molecule is Cc1c2c(cc3c(-c4ccccc4)cc(=O)oc13)C(C)C(c1ccccc1)O2. The van der Waals surface area contributed by atoms with Gasteiger partial charge in [-0.25, -0.2) is 4.79 Å². The first-order chi connectivity index (χ1) is 13.6. The van der Waals surface area contributed by atoms with Crippen LogP contribution in [-0.4, -0.2) is 0 Å². The fourth-order valence-electron chi connectivity index (χ4n) is 4.21. The Morgan fingerprint density at radius 3 is 2.29 bits per heavy atom. The third-order valence-electron chi connectivity index (χ3n) is 5.65.